The molecule has 43 heavy (non-hydrogen) atoms. The molecule has 0 bridgehead atoms. The third-order valence-corrected chi connectivity index (χ3v) is 11.0. The van der Waals surface area contributed by atoms with E-state index in [2.05, 4.69) is 10.6 Å². The van der Waals surface area contributed by atoms with Gasteiger partial charge in [0.05, 0.1) is 19.1 Å². The largest absolute Gasteiger partial charge is 0.432 e. The second-order valence-corrected chi connectivity index (χ2v) is 15.9. The van der Waals surface area contributed by atoms with Gasteiger partial charge in [-0.05, 0) is 61.1 Å². The Morgan fingerprint density at radius 3 is 2.44 bits per heavy atom. The monoisotopic (exact) mass is 602 g/mol. The van der Waals surface area contributed by atoms with Gasteiger partial charge in [-0.1, -0.05) is 37.3 Å². The molecule has 6 N–H and O–H groups in total. The van der Waals surface area contributed by atoms with E-state index in [4.69, 9.17) is 10.5 Å². The fourth-order valence-electron chi connectivity index (χ4n) is 6.53. The molecule has 1 fully saturated rings. The Morgan fingerprint density at radius 1 is 1.09 bits per heavy atom. The molecular formula is C32H38N4O6Si. The minimum Gasteiger partial charge on any atom is -0.432 e. The Balaban J connectivity index is 1.44. The first-order valence-corrected chi connectivity index (χ1v) is 17.4. The summed E-state index contributed by atoms with van der Waals surface area (Å²) in [7, 11) is -2.98. The van der Waals surface area contributed by atoms with Gasteiger partial charge in [-0.2, -0.15) is 0 Å². The lowest BCUT2D eigenvalue weighted by Gasteiger charge is -2.32. The number of amides is 3. The summed E-state index contributed by atoms with van der Waals surface area (Å²) >= 11 is 0. The Kier molecular flexibility index (Phi) is 8.44. The minimum absolute atomic E-state index is 0.0588. The SMILES string of the molecule is C[C@@H]1[C@@H]([Si](C)(C)O)[C@H](CC(=O)N(CCO)Cc2ccccc2)O[C@@]12C(=O)Nc1ccc(NC(=O)c3ccc(N)cc3)cc12. The van der Waals surface area contributed by atoms with E-state index in [1.165, 1.54) is 0 Å². The Bertz CT molecular complexity index is 1510. The number of benzene rings is 3. The lowest BCUT2D eigenvalue weighted by Crippen LogP contribution is -2.44. The normalized spacial score (nSPS) is 22.7. The highest BCUT2D eigenvalue weighted by Gasteiger charge is 2.65. The summed E-state index contributed by atoms with van der Waals surface area (Å²) in [6.45, 7) is 5.73. The van der Waals surface area contributed by atoms with Gasteiger partial charge < -0.3 is 35.9 Å². The van der Waals surface area contributed by atoms with E-state index in [0.717, 1.165) is 5.56 Å². The average molecular weight is 603 g/mol. The molecule has 1 spiro atoms. The molecule has 0 aliphatic carbocycles. The van der Waals surface area contributed by atoms with E-state index in [9.17, 15) is 24.3 Å². The smallest absolute Gasteiger partial charge is 0.261 e. The number of nitrogen functional groups attached to an aromatic ring is 1. The molecule has 226 valence electrons. The van der Waals surface area contributed by atoms with E-state index < -0.39 is 31.5 Å². The van der Waals surface area contributed by atoms with Gasteiger partial charge in [0.1, 0.15) is 0 Å². The number of hydrogen-bond donors (Lipinski definition) is 5. The van der Waals surface area contributed by atoms with Crippen LogP contribution in [0.15, 0.2) is 72.8 Å². The molecule has 1 saturated heterocycles. The summed E-state index contributed by atoms with van der Waals surface area (Å²) in [6.07, 6.45) is -0.799. The molecule has 2 aliphatic heterocycles. The molecule has 4 atom stereocenters. The molecule has 0 aromatic heterocycles. The molecule has 11 heteroatoms. The number of rotatable bonds is 9. The van der Waals surface area contributed by atoms with Crippen LogP contribution in [0, 0.1) is 5.92 Å². The number of nitrogens with zero attached hydrogens (tertiary/aromatic N) is 1. The number of fused-ring (bicyclic) bond motifs is 2. The molecule has 3 aromatic carbocycles. The first-order chi connectivity index (χ1) is 20.4. The van der Waals surface area contributed by atoms with Gasteiger partial charge >= 0.3 is 0 Å². The van der Waals surface area contributed by atoms with Crippen molar-refractivity contribution in [1.82, 2.24) is 4.90 Å². The predicted molar refractivity (Wildman–Crippen MR) is 167 cm³/mol. The van der Waals surface area contributed by atoms with E-state index in [0.29, 0.717) is 34.7 Å². The van der Waals surface area contributed by atoms with Crippen LogP contribution in [0.5, 0.6) is 0 Å². The van der Waals surface area contributed by atoms with E-state index in [-0.39, 0.29) is 37.3 Å². The predicted octanol–water partition coefficient (Wildman–Crippen LogP) is 3.68. The van der Waals surface area contributed by atoms with E-state index in [1.54, 1.807) is 60.5 Å². The third kappa shape index (κ3) is 5.94. The van der Waals surface area contributed by atoms with Gasteiger partial charge in [0, 0.05) is 52.7 Å². The van der Waals surface area contributed by atoms with Gasteiger partial charge in [0.15, 0.2) is 13.9 Å². The van der Waals surface area contributed by atoms with Crippen molar-refractivity contribution in [3.63, 3.8) is 0 Å². The van der Waals surface area contributed by atoms with Crippen LogP contribution >= 0.6 is 0 Å². The highest BCUT2D eigenvalue weighted by atomic mass is 28.4. The number of aliphatic hydroxyl groups excluding tert-OH is 1. The lowest BCUT2D eigenvalue weighted by molar-refractivity contribution is -0.148. The van der Waals surface area contributed by atoms with E-state index >= 15 is 0 Å². The first-order valence-electron chi connectivity index (χ1n) is 14.4. The fraction of sp³-hybridized carbons (Fsp3) is 0.344. The summed E-state index contributed by atoms with van der Waals surface area (Å²) < 4.78 is 6.63. The summed E-state index contributed by atoms with van der Waals surface area (Å²) in [5, 5.41) is 15.5. The van der Waals surface area contributed by atoms with Crippen LogP contribution in [-0.2, 0) is 26.5 Å². The van der Waals surface area contributed by atoms with E-state index in [1.807, 2.05) is 37.3 Å². The van der Waals surface area contributed by atoms with Crippen molar-refractivity contribution in [2.45, 2.75) is 50.2 Å². The average Bonchev–Trinajstić information content (AvgIpc) is 3.41. The van der Waals surface area contributed by atoms with Gasteiger partial charge in [0.25, 0.3) is 11.8 Å². The van der Waals surface area contributed by atoms with Crippen molar-refractivity contribution in [3.8, 4) is 0 Å². The molecule has 0 unspecified atom stereocenters. The van der Waals surface area contributed by atoms with Crippen molar-refractivity contribution >= 4 is 43.1 Å². The topological polar surface area (TPSA) is 154 Å². The summed E-state index contributed by atoms with van der Waals surface area (Å²) in [5.41, 5.74) is 7.32. The maximum atomic E-state index is 13.7. The number of aliphatic hydroxyl groups is 1. The summed E-state index contributed by atoms with van der Waals surface area (Å²) in [4.78, 5) is 53.3. The maximum absolute atomic E-state index is 13.7. The third-order valence-electron chi connectivity index (χ3n) is 8.48. The molecule has 2 heterocycles. The molecular weight excluding hydrogens is 564 g/mol. The second-order valence-electron chi connectivity index (χ2n) is 11.9. The van der Waals surface area contributed by atoms with Crippen molar-refractivity contribution in [2.75, 3.05) is 29.5 Å². The van der Waals surface area contributed by atoms with Crippen molar-refractivity contribution in [2.24, 2.45) is 5.92 Å². The number of nitrogens with two attached hydrogens (primary N) is 1. The highest BCUT2D eigenvalue weighted by molar-refractivity contribution is 6.71. The zero-order chi connectivity index (χ0) is 30.9. The summed E-state index contributed by atoms with van der Waals surface area (Å²) in [5.74, 6) is -1.41. The van der Waals surface area contributed by atoms with Crippen molar-refractivity contribution in [3.05, 3.63) is 89.5 Å². The summed E-state index contributed by atoms with van der Waals surface area (Å²) in [6, 6.07) is 21.2. The quantitative estimate of drug-likeness (QED) is 0.185. The van der Waals surface area contributed by atoms with Crippen LogP contribution in [0.1, 0.15) is 34.8 Å². The van der Waals surface area contributed by atoms with Crippen LogP contribution < -0.4 is 16.4 Å². The van der Waals surface area contributed by atoms with Crippen LogP contribution in [0.2, 0.25) is 18.6 Å². The van der Waals surface area contributed by atoms with Crippen LogP contribution in [0.3, 0.4) is 0 Å². The number of carbonyl (C=O) groups excluding carboxylic acids is 3. The van der Waals surface area contributed by atoms with Gasteiger partial charge in [-0.15, -0.1) is 0 Å². The zero-order valence-corrected chi connectivity index (χ0v) is 25.5. The number of nitrogens with one attached hydrogen (secondary N) is 2. The standard InChI is InChI=1S/C32H38N4O6Si/c1-20-29(43(2,3)41)27(18-28(38)36(15-16-37)19-21-7-5-4-6-8-21)42-32(20)25-17-24(13-14-26(25)35-31(32)40)34-30(39)22-9-11-23(33)12-10-22/h4-14,17,20,27,29,37,41H,15-16,18-19,33H2,1-3H3,(H,34,39)(H,35,40)/t20-,27+,29-,32+/m1/s1. The zero-order valence-electron chi connectivity index (χ0n) is 24.5. The second kappa shape index (κ2) is 11.9. The number of carbonyl (C=O) groups is 3. The van der Waals surface area contributed by atoms with Crippen molar-refractivity contribution < 1.29 is 29.0 Å². The molecule has 0 radical (unpaired) electrons. The maximum Gasteiger partial charge on any atom is 0.261 e. The highest BCUT2D eigenvalue weighted by Crippen LogP contribution is 2.58. The molecule has 2 aliphatic rings. The Morgan fingerprint density at radius 2 is 1.79 bits per heavy atom. The lowest BCUT2D eigenvalue weighted by atomic mass is 9.82. The minimum atomic E-state index is -2.98. The fourth-order valence-corrected chi connectivity index (χ4v) is 9.08. The molecule has 0 saturated carbocycles. The number of anilines is 3. The van der Waals surface area contributed by atoms with Crippen LogP contribution in [-0.4, -0.2) is 60.1 Å². The number of hydrogen-bond acceptors (Lipinski definition) is 7. The van der Waals surface area contributed by atoms with Gasteiger partial charge in [0.2, 0.25) is 5.91 Å². The van der Waals surface area contributed by atoms with Crippen LogP contribution in [0.4, 0.5) is 17.1 Å². The molecule has 5 rings (SSSR count). The Labute approximate surface area is 252 Å². The van der Waals surface area contributed by atoms with Gasteiger partial charge in [-0.25, -0.2) is 0 Å². The molecule has 10 nitrogen and oxygen atoms in total. The number of ether oxygens (including phenoxy) is 1. The van der Waals surface area contributed by atoms with Crippen LogP contribution in [0.25, 0.3) is 0 Å². The first kappa shape index (κ1) is 30.4. The molecule has 3 aromatic rings. The Hall–Kier alpha value is -4.03. The van der Waals surface area contributed by atoms with Gasteiger partial charge in [-0.3, -0.25) is 14.4 Å². The van der Waals surface area contributed by atoms with Crippen molar-refractivity contribution in [1.29, 1.82) is 0 Å². The molecule has 3 amide bonds.